The van der Waals surface area contributed by atoms with Crippen molar-refractivity contribution >= 4 is 43.9 Å². The van der Waals surface area contributed by atoms with E-state index in [1.54, 1.807) is 0 Å². The van der Waals surface area contributed by atoms with Crippen LogP contribution in [0.15, 0.2) is 38.8 Å². The van der Waals surface area contributed by atoms with Crippen molar-refractivity contribution in [3.05, 3.63) is 71.8 Å². The number of halogens is 5. The topological polar surface area (TPSA) is 95.5 Å². The Kier molecular flexibility index (Phi) is 8.77. The van der Waals surface area contributed by atoms with Crippen molar-refractivity contribution in [2.24, 2.45) is 0 Å². The molecule has 0 amide bonds. The van der Waals surface area contributed by atoms with Gasteiger partial charge in [-0.3, -0.25) is 14.3 Å². The standard InChI is InChI=1S/C26H29Cl2F3N4O4S/c1-4-40(38,39)21-8-7-16(27)10-15(21)12-35-24(36)18-11-20(26(29,30)31)19(22(28)23(18)32-25(35)37)14-34-9-5-6-17(13-34)33(2)3/h7-8,10-11,17H,4-6,9,12-14H2,1-3H3,(H,32,37)/t17-/m0/s1. The molecule has 0 unspecified atom stereocenters. The van der Waals surface area contributed by atoms with Gasteiger partial charge in [-0.15, -0.1) is 0 Å². The van der Waals surface area contributed by atoms with Gasteiger partial charge in [0.1, 0.15) is 0 Å². The summed E-state index contributed by atoms with van der Waals surface area (Å²) in [5.74, 6) is -0.246. The van der Waals surface area contributed by atoms with Crippen molar-refractivity contribution in [3.8, 4) is 0 Å². The molecule has 40 heavy (non-hydrogen) atoms. The lowest BCUT2D eigenvalue weighted by Gasteiger charge is -2.36. The van der Waals surface area contributed by atoms with Crippen molar-refractivity contribution in [1.82, 2.24) is 19.4 Å². The number of fused-ring (bicyclic) bond motifs is 1. The number of hydrogen-bond acceptors (Lipinski definition) is 6. The van der Waals surface area contributed by atoms with Crippen molar-refractivity contribution < 1.29 is 21.6 Å². The first-order valence-electron chi connectivity index (χ1n) is 12.6. The Morgan fingerprint density at radius 1 is 1.12 bits per heavy atom. The lowest BCUT2D eigenvalue weighted by atomic mass is 10.00. The second-order valence-electron chi connectivity index (χ2n) is 10.1. The third kappa shape index (κ3) is 6.11. The monoisotopic (exact) mass is 620 g/mol. The van der Waals surface area contributed by atoms with E-state index in [0.29, 0.717) is 23.7 Å². The zero-order valence-electron chi connectivity index (χ0n) is 22.1. The van der Waals surface area contributed by atoms with Crippen LogP contribution in [0, 0.1) is 0 Å². The number of likely N-dealkylation sites (tertiary alicyclic amines) is 1. The number of nitrogens with one attached hydrogen (secondary N) is 1. The van der Waals surface area contributed by atoms with Gasteiger partial charge in [0.15, 0.2) is 9.84 Å². The Labute approximate surface area is 239 Å². The van der Waals surface area contributed by atoms with Crippen LogP contribution in [-0.2, 0) is 29.1 Å². The SMILES string of the molecule is CCS(=O)(=O)c1ccc(Cl)cc1Cn1c(=O)[nH]c2c(Cl)c(CN3CCC[C@H](N(C)C)C3)c(C(F)(F)F)cc2c1=O. The Morgan fingerprint density at radius 2 is 1.82 bits per heavy atom. The number of sulfone groups is 1. The summed E-state index contributed by atoms with van der Waals surface area (Å²) in [7, 11) is 0.0698. The molecule has 1 saturated heterocycles. The lowest BCUT2D eigenvalue weighted by Crippen LogP contribution is -2.44. The molecule has 0 radical (unpaired) electrons. The summed E-state index contributed by atoms with van der Waals surface area (Å²) in [4.78, 5) is 32.7. The van der Waals surface area contributed by atoms with E-state index in [0.717, 1.165) is 12.8 Å². The molecule has 4 rings (SSSR count). The van der Waals surface area contributed by atoms with Gasteiger partial charge >= 0.3 is 11.9 Å². The van der Waals surface area contributed by atoms with Gasteiger partial charge in [0, 0.05) is 24.2 Å². The van der Waals surface area contributed by atoms with Crippen LogP contribution in [0.5, 0.6) is 0 Å². The van der Waals surface area contributed by atoms with Crippen LogP contribution < -0.4 is 11.2 Å². The van der Waals surface area contributed by atoms with Crippen LogP contribution in [0.3, 0.4) is 0 Å². The Balaban J connectivity index is 1.86. The molecule has 2 heterocycles. The van der Waals surface area contributed by atoms with E-state index in [1.807, 2.05) is 23.9 Å². The second kappa shape index (κ2) is 11.5. The molecule has 1 fully saturated rings. The number of aromatic nitrogens is 2. The summed E-state index contributed by atoms with van der Waals surface area (Å²) in [6.07, 6.45) is -3.11. The Hall–Kier alpha value is -2.38. The summed E-state index contributed by atoms with van der Waals surface area (Å²) < 4.78 is 68.7. The fraction of sp³-hybridized carbons (Fsp3) is 0.462. The normalized spacial score (nSPS) is 17.2. The van der Waals surface area contributed by atoms with E-state index in [2.05, 4.69) is 4.98 Å². The number of alkyl halides is 3. The maximum atomic E-state index is 14.3. The van der Waals surface area contributed by atoms with Crippen LogP contribution in [0.4, 0.5) is 13.2 Å². The molecule has 0 saturated carbocycles. The van der Waals surface area contributed by atoms with E-state index in [1.165, 1.54) is 25.1 Å². The van der Waals surface area contributed by atoms with Crippen LogP contribution in [0.1, 0.15) is 36.5 Å². The third-order valence-electron chi connectivity index (χ3n) is 7.28. The number of aromatic amines is 1. The molecule has 0 bridgehead atoms. The molecule has 1 N–H and O–H groups in total. The molecule has 14 heteroatoms. The molecule has 1 atom stereocenters. The molecule has 218 valence electrons. The highest BCUT2D eigenvalue weighted by atomic mass is 35.5. The van der Waals surface area contributed by atoms with Crippen molar-refractivity contribution in [1.29, 1.82) is 0 Å². The predicted molar refractivity (Wildman–Crippen MR) is 149 cm³/mol. The highest BCUT2D eigenvalue weighted by Gasteiger charge is 2.37. The van der Waals surface area contributed by atoms with Crippen LogP contribution in [0.2, 0.25) is 10.0 Å². The van der Waals surface area contributed by atoms with E-state index >= 15 is 0 Å². The van der Waals surface area contributed by atoms with E-state index < -0.39 is 44.8 Å². The molecule has 2 aromatic carbocycles. The smallest absolute Gasteiger partial charge is 0.305 e. The Morgan fingerprint density at radius 3 is 2.45 bits per heavy atom. The van der Waals surface area contributed by atoms with E-state index in [4.69, 9.17) is 23.2 Å². The fourth-order valence-corrected chi connectivity index (χ4v) is 6.68. The maximum absolute atomic E-state index is 14.3. The summed E-state index contributed by atoms with van der Waals surface area (Å²) in [6.45, 7) is 1.92. The zero-order valence-corrected chi connectivity index (χ0v) is 24.4. The highest BCUT2D eigenvalue weighted by molar-refractivity contribution is 7.91. The van der Waals surface area contributed by atoms with Gasteiger partial charge < -0.3 is 9.88 Å². The fourth-order valence-electron chi connectivity index (χ4n) is 5.07. The van der Waals surface area contributed by atoms with Crippen molar-refractivity contribution in [3.63, 3.8) is 0 Å². The van der Waals surface area contributed by atoms with Gasteiger partial charge in [0.05, 0.1) is 38.7 Å². The quantitative estimate of drug-likeness (QED) is 0.421. The van der Waals surface area contributed by atoms with Crippen molar-refractivity contribution in [2.75, 3.05) is 32.9 Å². The molecule has 0 aliphatic carbocycles. The molecule has 1 aliphatic heterocycles. The largest absolute Gasteiger partial charge is 0.416 e. The lowest BCUT2D eigenvalue weighted by molar-refractivity contribution is -0.138. The highest BCUT2D eigenvalue weighted by Crippen LogP contribution is 2.39. The number of H-pyrrole nitrogens is 1. The molecule has 3 aromatic rings. The molecule has 1 aromatic heterocycles. The molecule has 1 aliphatic rings. The molecule has 8 nitrogen and oxygen atoms in total. The molecular formula is C26H29Cl2F3N4O4S. The number of likely N-dealkylation sites (N-methyl/N-ethyl adjacent to an activating group) is 1. The van der Waals surface area contributed by atoms with Gasteiger partial charge in [-0.1, -0.05) is 30.1 Å². The number of piperidine rings is 1. The number of hydrogen-bond donors (Lipinski definition) is 1. The van der Waals surface area contributed by atoms with Crippen LogP contribution in [-0.4, -0.2) is 66.7 Å². The number of benzene rings is 2. The third-order valence-corrected chi connectivity index (χ3v) is 9.77. The first kappa shape index (κ1) is 30.6. The van der Waals surface area contributed by atoms with Gasteiger partial charge in [-0.05, 0) is 68.9 Å². The predicted octanol–water partition coefficient (Wildman–Crippen LogP) is 4.38. The summed E-state index contributed by atoms with van der Waals surface area (Å²) in [5.41, 5.74) is -3.42. The maximum Gasteiger partial charge on any atom is 0.416 e. The minimum atomic E-state index is -4.83. The number of rotatable bonds is 7. The second-order valence-corrected chi connectivity index (χ2v) is 13.2. The number of nitrogens with zero attached hydrogens (tertiary/aromatic N) is 3. The zero-order chi connectivity index (χ0) is 29.6. The summed E-state index contributed by atoms with van der Waals surface area (Å²) >= 11 is 12.5. The molecular weight excluding hydrogens is 592 g/mol. The average molecular weight is 622 g/mol. The van der Waals surface area contributed by atoms with Gasteiger partial charge in [-0.25, -0.2) is 13.2 Å². The van der Waals surface area contributed by atoms with Crippen molar-refractivity contribution in [2.45, 2.75) is 50.0 Å². The summed E-state index contributed by atoms with van der Waals surface area (Å²) in [5, 5.41) is -0.626. The first-order valence-corrected chi connectivity index (χ1v) is 15.0. The van der Waals surface area contributed by atoms with Crippen LogP contribution in [0.25, 0.3) is 10.9 Å². The van der Waals surface area contributed by atoms with E-state index in [-0.39, 0.29) is 49.9 Å². The van der Waals surface area contributed by atoms with E-state index in [9.17, 15) is 31.2 Å². The van der Waals surface area contributed by atoms with Gasteiger partial charge in [0.25, 0.3) is 5.56 Å². The average Bonchev–Trinajstić information content (AvgIpc) is 2.87. The van der Waals surface area contributed by atoms with Crippen LogP contribution >= 0.6 is 23.2 Å². The van der Waals surface area contributed by atoms with Gasteiger partial charge in [-0.2, -0.15) is 13.2 Å². The summed E-state index contributed by atoms with van der Waals surface area (Å²) in [6, 6.07) is 4.81. The minimum Gasteiger partial charge on any atom is -0.305 e. The molecule has 0 spiro atoms. The Bertz CT molecular complexity index is 1670. The first-order chi connectivity index (χ1) is 18.6. The van der Waals surface area contributed by atoms with Gasteiger partial charge in [0.2, 0.25) is 0 Å². The minimum absolute atomic E-state index is 0.0561.